The van der Waals surface area contributed by atoms with Crippen molar-refractivity contribution in [2.45, 2.75) is 32.6 Å². The summed E-state index contributed by atoms with van der Waals surface area (Å²) in [6.07, 6.45) is 3.87. The van der Waals surface area contributed by atoms with Crippen molar-refractivity contribution in [3.63, 3.8) is 0 Å². The van der Waals surface area contributed by atoms with Gasteiger partial charge in [-0.05, 0) is 80.6 Å². The van der Waals surface area contributed by atoms with Crippen molar-refractivity contribution in [1.29, 1.82) is 0 Å². The van der Waals surface area contributed by atoms with Gasteiger partial charge in [0, 0.05) is 28.0 Å². The number of para-hydroxylation sites is 1. The van der Waals surface area contributed by atoms with Crippen molar-refractivity contribution in [2.75, 3.05) is 17.7 Å². The quantitative estimate of drug-likeness (QED) is 0.306. The lowest BCUT2D eigenvalue weighted by Gasteiger charge is -2.12. The van der Waals surface area contributed by atoms with Crippen LogP contribution in [-0.2, 0) is 6.42 Å². The number of nitrogen functional groups attached to an aromatic ring is 1. The van der Waals surface area contributed by atoms with Crippen molar-refractivity contribution in [2.24, 2.45) is 0 Å². The van der Waals surface area contributed by atoms with Crippen LogP contribution in [0.2, 0.25) is 0 Å². The van der Waals surface area contributed by atoms with E-state index in [1.54, 1.807) is 0 Å². The first kappa shape index (κ1) is 22.3. The van der Waals surface area contributed by atoms with E-state index in [4.69, 9.17) is 10.5 Å². The fourth-order valence-electron chi connectivity index (χ4n) is 3.93. The maximum absolute atomic E-state index is 13.0. The number of unbranched alkanes of at least 4 members (excludes halogenated alkanes) is 2. The Labute approximate surface area is 194 Å². The van der Waals surface area contributed by atoms with E-state index in [0.717, 1.165) is 53.6 Å². The molecule has 0 saturated heterocycles. The molecule has 0 aliphatic carbocycles. The number of anilines is 2. The number of benzene rings is 3. The molecule has 3 N–H and O–H groups in total. The second kappa shape index (κ2) is 10.6. The molecule has 168 valence electrons. The van der Waals surface area contributed by atoms with Gasteiger partial charge >= 0.3 is 0 Å². The lowest BCUT2D eigenvalue weighted by Crippen LogP contribution is -2.14. The number of aryl methyl sites for hydroxylation is 2. The third-order valence-electron chi connectivity index (χ3n) is 5.59. The molecule has 5 heteroatoms. The molecule has 1 heterocycles. The lowest BCUT2D eigenvalue weighted by molar-refractivity contribution is 0.102. The average Bonchev–Trinajstić information content (AvgIpc) is 2.82. The first-order valence-electron chi connectivity index (χ1n) is 11.3. The number of fused-ring (bicyclic) bond motifs is 1. The Kier molecular flexibility index (Phi) is 7.20. The Morgan fingerprint density at radius 3 is 2.58 bits per heavy atom. The van der Waals surface area contributed by atoms with Gasteiger partial charge in [-0.2, -0.15) is 0 Å². The predicted molar refractivity (Wildman–Crippen MR) is 135 cm³/mol. The highest BCUT2D eigenvalue weighted by Crippen LogP contribution is 2.25. The molecule has 0 bridgehead atoms. The van der Waals surface area contributed by atoms with Crippen LogP contribution in [0.25, 0.3) is 10.9 Å². The largest absolute Gasteiger partial charge is 0.494 e. The van der Waals surface area contributed by atoms with E-state index >= 15 is 0 Å². The molecule has 0 fully saturated rings. The summed E-state index contributed by atoms with van der Waals surface area (Å²) in [7, 11) is 0. The molecule has 33 heavy (non-hydrogen) atoms. The van der Waals surface area contributed by atoms with E-state index in [1.165, 1.54) is 0 Å². The summed E-state index contributed by atoms with van der Waals surface area (Å²) in [6.45, 7) is 2.62. The zero-order valence-electron chi connectivity index (χ0n) is 18.9. The minimum Gasteiger partial charge on any atom is -0.494 e. The van der Waals surface area contributed by atoms with Gasteiger partial charge in [0.05, 0.1) is 12.1 Å². The molecule has 0 aliphatic heterocycles. The summed E-state index contributed by atoms with van der Waals surface area (Å²) in [5.41, 5.74) is 11.0. The summed E-state index contributed by atoms with van der Waals surface area (Å²) in [5.74, 6) is 0.789. The van der Waals surface area contributed by atoms with E-state index in [2.05, 4.69) is 10.3 Å². The topological polar surface area (TPSA) is 77.2 Å². The molecular formula is C28H29N3O2. The first-order chi connectivity index (χ1) is 16.1. The molecule has 0 spiro atoms. The lowest BCUT2D eigenvalue weighted by atomic mass is 10.0. The molecule has 0 unspecified atom stereocenters. The zero-order valence-corrected chi connectivity index (χ0v) is 18.9. The molecule has 0 radical (unpaired) electrons. The van der Waals surface area contributed by atoms with Crippen LogP contribution in [0.4, 0.5) is 11.4 Å². The van der Waals surface area contributed by atoms with Crippen LogP contribution in [0.3, 0.4) is 0 Å². The van der Waals surface area contributed by atoms with Crippen molar-refractivity contribution in [3.8, 4) is 5.75 Å². The van der Waals surface area contributed by atoms with Gasteiger partial charge in [0.2, 0.25) is 0 Å². The second-order valence-corrected chi connectivity index (χ2v) is 8.17. The van der Waals surface area contributed by atoms with Crippen molar-refractivity contribution >= 4 is 28.2 Å². The number of nitrogens with zero attached hydrogens (tertiary/aromatic N) is 1. The number of rotatable bonds is 9. The number of hydrogen-bond acceptors (Lipinski definition) is 4. The zero-order chi connectivity index (χ0) is 23.0. The number of nitrogens with two attached hydrogens (primary N) is 1. The molecule has 5 nitrogen and oxygen atoms in total. The third kappa shape index (κ3) is 5.89. The van der Waals surface area contributed by atoms with E-state index in [9.17, 15) is 4.79 Å². The van der Waals surface area contributed by atoms with Crippen LogP contribution < -0.4 is 15.8 Å². The Balaban J connectivity index is 1.33. The van der Waals surface area contributed by atoms with Crippen LogP contribution in [0.15, 0.2) is 78.9 Å². The third-order valence-corrected chi connectivity index (χ3v) is 5.59. The molecule has 0 aliphatic rings. The number of aromatic nitrogens is 1. The van der Waals surface area contributed by atoms with Crippen molar-refractivity contribution in [3.05, 3.63) is 95.7 Å². The Hall–Kier alpha value is -3.86. The molecule has 0 atom stereocenters. The minimum atomic E-state index is -0.115. The van der Waals surface area contributed by atoms with Crippen LogP contribution >= 0.6 is 0 Å². The molecule has 4 aromatic rings. The SMILES string of the molecule is Cc1cc(N)c2cc(NC(=O)c3ccccc3CCCCCOc3ccccc3)ccc2n1. The summed E-state index contributed by atoms with van der Waals surface area (Å²) in [4.78, 5) is 17.5. The first-order valence-corrected chi connectivity index (χ1v) is 11.3. The smallest absolute Gasteiger partial charge is 0.255 e. The molecule has 0 saturated carbocycles. The van der Waals surface area contributed by atoms with Gasteiger partial charge in [-0.15, -0.1) is 0 Å². The fourth-order valence-corrected chi connectivity index (χ4v) is 3.93. The van der Waals surface area contributed by atoms with Crippen molar-refractivity contribution in [1.82, 2.24) is 4.98 Å². The van der Waals surface area contributed by atoms with Gasteiger partial charge in [0.1, 0.15) is 5.75 Å². The van der Waals surface area contributed by atoms with E-state index in [0.29, 0.717) is 23.5 Å². The number of hydrogen-bond donors (Lipinski definition) is 2. The maximum atomic E-state index is 13.0. The van der Waals surface area contributed by atoms with Gasteiger partial charge in [0.15, 0.2) is 0 Å². The number of pyridine rings is 1. The number of carbonyl (C=O) groups is 1. The number of carbonyl (C=O) groups excluding carboxylic acids is 1. The highest BCUT2D eigenvalue weighted by Gasteiger charge is 2.12. The number of nitrogens with one attached hydrogen (secondary N) is 1. The molecule has 3 aromatic carbocycles. The Morgan fingerprint density at radius 2 is 1.73 bits per heavy atom. The van der Waals surface area contributed by atoms with Crippen molar-refractivity contribution < 1.29 is 9.53 Å². The molecule has 4 rings (SSSR count). The summed E-state index contributed by atoms with van der Waals surface area (Å²) >= 11 is 0. The van der Waals surface area contributed by atoms with Crippen LogP contribution in [0.5, 0.6) is 5.75 Å². The Morgan fingerprint density at radius 1 is 0.939 bits per heavy atom. The number of ether oxygens (including phenoxy) is 1. The predicted octanol–water partition coefficient (Wildman–Crippen LogP) is 6.17. The van der Waals surface area contributed by atoms with Crippen LogP contribution in [-0.4, -0.2) is 17.5 Å². The summed E-state index contributed by atoms with van der Waals surface area (Å²) in [5, 5.41) is 3.86. The van der Waals surface area contributed by atoms with Crippen LogP contribution in [0, 0.1) is 6.92 Å². The monoisotopic (exact) mass is 439 g/mol. The normalized spacial score (nSPS) is 10.8. The van der Waals surface area contributed by atoms with Gasteiger partial charge < -0.3 is 15.8 Å². The maximum Gasteiger partial charge on any atom is 0.255 e. The number of amides is 1. The van der Waals surface area contributed by atoms with E-state index in [1.807, 2.05) is 85.8 Å². The van der Waals surface area contributed by atoms with E-state index < -0.39 is 0 Å². The highest BCUT2D eigenvalue weighted by atomic mass is 16.5. The molecular weight excluding hydrogens is 410 g/mol. The summed E-state index contributed by atoms with van der Waals surface area (Å²) in [6, 6.07) is 25.1. The van der Waals surface area contributed by atoms with Crippen LogP contribution in [0.1, 0.15) is 40.9 Å². The van der Waals surface area contributed by atoms with E-state index in [-0.39, 0.29) is 5.91 Å². The average molecular weight is 440 g/mol. The van der Waals surface area contributed by atoms with Gasteiger partial charge in [-0.1, -0.05) is 36.4 Å². The van der Waals surface area contributed by atoms with Gasteiger partial charge in [-0.25, -0.2) is 0 Å². The molecule has 1 amide bonds. The van der Waals surface area contributed by atoms with Gasteiger partial charge in [-0.3, -0.25) is 9.78 Å². The Bertz CT molecular complexity index is 1240. The standard InChI is InChI=1S/C28H29N3O2/c1-20-18-26(29)25-19-22(15-16-27(25)30-20)31-28(32)24-14-8-7-11-21(24)10-4-3-9-17-33-23-12-5-2-6-13-23/h2,5-8,11-16,18-19H,3-4,9-10,17H2,1H3,(H2,29,30)(H,31,32). The fraction of sp³-hybridized carbons (Fsp3) is 0.214. The van der Waals surface area contributed by atoms with Gasteiger partial charge in [0.25, 0.3) is 5.91 Å². The second-order valence-electron chi connectivity index (χ2n) is 8.17. The molecule has 1 aromatic heterocycles. The summed E-state index contributed by atoms with van der Waals surface area (Å²) < 4.78 is 5.75. The highest BCUT2D eigenvalue weighted by molar-refractivity contribution is 6.06. The minimum absolute atomic E-state index is 0.115.